The van der Waals surface area contributed by atoms with Crippen LogP contribution in [0.2, 0.25) is 0 Å². The molecule has 140 valence electrons. The van der Waals surface area contributed by atoms with Crippen molar-refractivity contribution in [1.29, 1.82) is 0 Å². The van der Waals surface area contributed by atoms with Gasteiger partial charge in [0.25, 0.3) is 0 Å². The van der Waals surface area contributed by atoms with Crippen LogP contribution >= 0.6 is 0 Å². The first-order chi connectivity index (χ1) is 12.0. The number of hydrogen-bond donors (Lipinski definition) is 1. The maximum absolute atomic E-state index is 11.1. The molecular formula is C22H34O3. The van der Waals surface area contributed by atoms with Crippen molar-refractivity contribution >= 4 is 0 Å². The molecule has 0 aromatic heterocycles. The number of rotatable bonds is 2. The molecule has 0 aromatic carbocycles. The van der Waals surface area contributed by atoms with Gasteiger partial charge in [-0.2, -0.15) is 0 Å². The second kappa shape index (κ2) is 5.33. The minimum Gasteiger partial charge on any atom is -0.392 e. The van der Waals surface area contributed by atoms with Crippen LogP contribution in [0, 0.1) is 28.6 Å². The summed E-state index contributed by atoms with van der Waals surface area (Å²) in [6, 6.07) is 0. The van der Waals surface area contributed by atoms with Crippen LogP contribution in [-0.2, 0) is 9.47 Å². The second-order valence-corrected chi connectivity index (χ2v) is 10.1. The highest BCUT2D eigenvalue weighted by Crippen LogP contribution is 2.72. The molecule has 5 rings (SSSR count). The van der Waals surface area contributed by atoms with Gasteiger partial charge in [0.1, 0.15) is 0 Å². The third-order valence-electron chi connectivity index (χ3n) is 9.28. The van der Waals surface area contributed by atoms with Crippen LogP contribution in [0.25, 0.3) is 0 Å². The zero-order valence-electron chi connectivity index (χ0n) is 16.1. The zero-order chi connectivity index (χ0) is 17.4. The largest absolute Gasteiger partial charge is 0.392 e. The van der Waals surface area contributed by atoms with Crippen LogP contribution in [-0.4, -0.2) is 31.2 Å². The Bertz CT molecular complexity index is 600. The molecule has 1 N–H and O–H groups in total. The molecule has 0 bridgehead atoms. The van der Waals surface area contributed by atoms with Crippen molar-refractivity contribution in [2.45, 2.75) is 83.0 Å². The highest BCUT2D eigenvalue weighted by Gasteiger charge is 2.67. The van der Waals surface area contributed by atoms with Crippen LogP contribution < -0.4 is 0 Å². The third-order valence-corrected chi connectivity index (χ3v) is 9.28. The molecule has 0 aromatic rings. The maximum atomic E-state index is 11.1. The summed E-state index contributed by atoms with van der Waals surface area (Å²) < 4.78 is 11.5. The van der Waals surface area contributed by atoms with Gasteiger partial charge in [0.15, 0.2) is 5.79 Å². The SMILES string of the molecule is COC1(OC)CCC2=C(CCC3C2CCC2(C)C3CC3(CC3)C2O)C1. The van der Waals surface area contributed by atoms with E-state index in [0.717, 1.165) is 37.0 Å². The highest BCUT2D eigenvalue weighted by molar-refractivity contribution is 5.29. The number of fused-ring (bicyclic) bond motifs is 4. The molecule has 0 saturated heterocycles. The summed E-state index contributed by atoms with van der Waals surface area (Å²) in [6.07, 6.45) is 12.0. The molecule has 3 heteroatoms. The zero-order valence-corrected chi connectivity index (χ0v) is 16.1. The van der Waals surface area contributed by atoms with Gasteiger partial charge in [0.05, 0.1) is 6.10 Å². The van der Waals surface area contributed by atoms with Crippen molar-refractivity contribution < 1.29 is 14.6 Å². The summed E-state index contributed by atoms with van der Waals surface area (Å²) in [5, 5.41) is 11.1. The summed E-state index contributed by atoms with van der Waals surface area (Å²) in [7, 11) is 3.59. The first-order valence-corrected chi connectivity index (χ1v) is 10.5. The lowest BCUT2D eigenvalue weighted by Crippen LogP contribution is -2.47. The maximum Gasteiger partial charge on any atom is 0.171 e. The topological polar surface area (TPSA) is 38.7 Å². The number of ether oxygens (including phenoxy) is 2. The average molecular weight is 347 g/mol. The normalized spacial score (nSPS) is 46.6. The van der Waals surface area contributed by atoms with Crippen LogP contribution in [0.5, 0.6) is 0 Å². The fourth-order valence-corrected chi connectivity index (χ4v) is 7.58. The predicted molar refractivity (Wildman–Crippen MR) is 97.0 cm³/mol. The van der Waals surface area contributed by atoms with E-state index < -0.39 is 0 Å². The van der Waals surface area contributed by atoms with Gasteiger partial charge in [-0.25, -0.2) is 0 Å². The van der Waals surface area contributed by atoms with E-state index in [1.165, 1.54) is 44.9 Å². The van der Waals surface area contributed by atoms with Crippen molar-refractivity contribution in [2.24, 2.45) is 28.6 Å². The molecule has 0 heterocycles. The summed E-state index contributed by atoms with van der Waals surface area (Å²) in [6.45, 7) is 2.41. The Morgan fingerprint density at radius 3 is 2.44 bits per heavy atom. The van der Waals surface area contributed by atoms with Crippen molar-refractivity contribution in [3.63, 3.8) is 0 Å². The van der Waals surface area contributed by atoms with Gasteiger partial charge < -0.3 is 14.6 Å². The van der Waals surface area contributed by atoms with E-state index >= 15 is 0 Å². The van der Waals surface area contributed by atoms with Crippen LogP contribution in [0.3, 0.4) is 0 Å². The fraction of sp³-hybridized carbons (Fsp3) is 0.909. The standard InChI is InChI=1S/C22H34O3/c1-20-8-6-16-15-7-9-22(24-2,25-3)12-14(15)4-5-17(16)18(20)13-21(10-11-21)19(20)23/h16-19,23H,4-13H2,1-3H3. The van der Waals surface area contributed by atoms with Crippen molar-refractivity contribution in [3.8, 4) is 0 Å². The third kappa shape index (κ3) is 2.15. The number of hydrogen-bond acceptors (Lipinski definition) is 3. The Labute approximate surface area is 152 Å². The van der Waals surface area contributed by atoms with Crippen LogP contribution in [0.4, 0.5) is 0 Å². The Morgan fingerprint density at radius 2 is 1.76 bits per heavy atom. The molecule has 5 aliphatic rings. The quantitative estimate of drug-likeness (QED) is 0.593. The summed E-state index contributed by atoms with van der Waals surface area (Å²) in [5.74, 6) is 1.95. The number of aliphatic hydroxyl groups is 1. The Balaban J connectivity index is 1.44. The molecule has 5 atom stereocenters. The van der Waals surface area contributed by atoms with E-state index in [2.05, 4.69) is 6.92 Å². The molecule has 3 nitrogen and oxygen atoms in total. The van der Waals surface area contributed by atoms with Gasteiger partial charge in [0, 0.05) is 27.1 Å². The van der Waals surface area contributed by atoms with Gasteiger partial charge >= 0.3 is 0 Å². The number of allylic oxidation sites excluding steroid dienone is 1. The average Bonchev–Trinajstić information content (AvgIpc) is 3.39. The van der Waals surface area contributed by atoms with E-state index in [9.17, 15) is 5.11 Å². The Kier molecular flexibility index (Phi) is 3.57. The number of aliphatic hydroxyl groups excluding tert-OH is 1. The molecule has 25 heavy (non-hydrogen) atoms. The lowest BCUT2D eigenvalue weighted by atomic mass is 9.54. The molecule has 5 aliphatic carbocycles. The van der Waals surface area contributed by atoms with Gasteiger partial charge in [0.2, 0.25) is 0 Å². The molecule has 0 amide bonds. The monoisotopic (exact) mass is 346 g/mol. The van der Waals surface area contributed by atoms with E-state index in [1.54, 1.807) is 25.4 Å². The molecule has 3 fully saturated rings. The van der Waals surface area contributed by atoms with Gasteiger partial charge in [-0.3, -0.25) is 0 Å². The first kappa shape index (κ1) is 16.8. The lowest BCUT2D eigenvalue weighted by molar-refractivity contribution is -0.213. The van der Waals surface area contributed by atoms with Crippen molar-refractivity contribution in [2.75, 3.05) is 14.2 Å². The molecular weight excluding hydrogens is 312 g/mol. The Morgan fingerprint density at radius 1 is 1.00 bits per heavy atom. The summed E-state index contributed by atoms with van der Waals surface area (Å²) >= 11 is 0. The smallest absolute Gasteiger partial charge is 0.171 e. The minimum absolute atomic E-state index is 0.0395. The van der Waals surface area contributed by atoms with Gasteiger partial charge in [-0.1, -0.05) is 18.1 Å². The van der Waals surface area contributed by atoms with Crippen molar-refractivity contribution in [1.82, 2.24) is 0 Å². The lowest BCUT2D eigenvalue weighted by Gasteiger charge is -2.52. The molecule has 3 saturated carbocycles. The van der Waals surface area contributed by atoms with Crippen LogP contribution in [0.15, 0.2) is 11.1 Å². The summed E-state index contributed by atoms with van der Waals surface area (Å²) in [5.41, 5.74) is 3.90. The van der Waals surface area contributed by atoms with E-state index in [-0.39, 0.29) is 17.3 Å². The Hall–Kier alpha value is -0.380. The van der Waals surface area contributed by atoms with Gasteiger partial charge in [-0.05, 0) is 80.0 Å². The highest BCUT2D eigenvalue weighted by atomic mass is 16.7. The van der Waals surface area contributed by atoms with Crippen molar-refractivity contribution in [3.05, 3.63) is 11.1 Å². The molecule has 5 unspecified atom stereocenters. The predicted octanol–water partition coefficient (Wildman–Crippen LogP) is 4.44. The molecule has 1 spiro atoms. The second-order valence-electron chi connectivity index (χ2n) is 10.1. The van der Waals surface area contributed by atoms with E-state index in [4.69, 9.17) is 9.47 Å². The van der Waals surface area contributed by atoms with Gasteiger partial charge in [-0.15, -0.1) is 0 Å². The number of methoxy groups -OCH3 is 2. The molecule has 0 aliphatic heterocycles. The van der Waals surface area contributed by atoms with E-state index in [1.807, 2.05) is 0 Å². The first-order valence-electron chi connectivity index (χ1n) is 10.5. The minimum atomic E-state index is -0.378. The summed E-state index contributed by atoms with van der Waals surface area (Å²) in [4.78, 5) is 0. The van der Waals surface area contributed by atoms with E-state index in [0.29, 0.717) is 5.41 Å². The van der Waals surface area contributed by atoms with Crippen LogP contribution in [0.1, 0.15) is 71.1 Å². The fourth-order valence-electron chi connectivity index (χ4n) is 7.58. The molecule has 0 radical (unpaired) electrons.